The van der Waals surface area contributed by atoms with Gasteiger partial charge in [-0.25, -0.2) is 15.6 Å². The molecule has 114 valence electrons. The van der Waals surface area contributed by atoms with E-state index in [9.17, 15) is 9.59 Å². The van der Waals surface area contributed by atoms with Crippen molar-refractivity contribution in [2.24, 2.45) is 5.84 Å². The van der Waals surface area contributed by atoms with Crippen LogP contribution in [0.5, 0.6) is 5.88 Å². The van der Waals surface area contributed by atoms with Crippen molar-refractivity contribution in [1.29, 1.82) is 0 Å². The van der Waals surface area contributed by atoms with Crippen LogP contribution in [0, 0.1) is 0 Å². The summed E-state index contributed by atoms with van der Waals surface area (Å²) in [5, 5.41) is 1.87. The smallest absolute Gasteiger partial charge is 0.388 e. The van der Waals surface area contributed by atoms with Crippen LogP contribution < -0.4 is 16.0 Å². The van der Waals surface area contributed by atoms with Crippen molar-refractivity contribution in [2.75, 3.05) is 6.54 Å². The van der Waals surface area contributed by atoms with Crippen molar-refractivity contribution in [1.82, 2.24) is 19.9 Å². The number of nitrogens with two attached hydrogens (primary N) is 1. The average molecular weight is 319 g/mol. The van der Waals surface area contributed by atoms with Crippen LogP contribution in [0.2, 0.25) is 0 Å². The van der Waals surface area contributed by atoms with Crippen LogP contribution in [-0.2, 0) is 0 Å². The molecule has 0 saturated carbocycles. The number of imidazole rings is 1. The molecule has 2 aliphatic heterocycles. The van der Waals surface area contributed by atoms with E-state index in [0.29, 0.717) is 17.1 Å². The van der Waals surface area contributed by atoms with E-state index in [1.54, 1.807) is 6.33 Å². The van der Waals surface area contributed by atoms with Crippen LogP contribution in [0.4, 0.5) is 4.79 Å². The number of hydrogen-bond acceptors (Lipinski definition) is 6. The molecule has 9 heteroatoms. The summed E-state index contributed by atoms with van der Waals surface area (Å²) < 4.78 is 6.98. The van der Waals surface area contributed by atoms with Crippen LogP contribution in [0.25, 0.3) is 5.69 Å². The van der Waals surface area contributed by atoms with Crippen LogP contribution in [0.3, 0.4) is 0 Å². The number of hydrazine groups is 1. The molecule has 0 unspecified atom stereocenters. The van der Waals surface area contributed by atoms with Gasteiger partial charge in [-0.2, -0.15) is 0 Å². The summed E-state index contributed by atoms with van der Waals surface area (Å²) >= 11 is 1.41. The SMILES string of the molecule is NNC(=O)Oc1ncn2c1[C@@H]1CCCN1C(=O)c1sccc1-2. The molecule has 4 rings (SSSR count). The van der Waals surface area contributed by atoms with E-state index in [0.717, 1.165) is 18.5 Å². The quantitative estimate of drug-likeness (QED) is 0.467. The number of amides is 2. The van der Waals surface area contributed by atoms with Gasteiger partial charge in [0, 0.05) is 6.54 Å². The fourth-order valence-corrected chi connectivity index (χ4v) is 3.95. The van der Waals surface area contributed by atoms with Gasteiger partial charge in [0.1, 0.15) is 16.9 Å². The summed E-state index contributed by atoms with van der Waals surface area (Å²) in [5.74, 6) is 5.27. The second kappa shape index (κ2) is 4.82. The molecule has 2 aromatic heterocycles. The average Bonchev–Trinajstić information content (AvgIpc) is 3.23. The molecular formula is C13H13N5O3S. The zero-order chi connectivity index (χ0) is 15.3. The Morgan fingerprint density at radius 1 is 1.55 bits per heavy atom. The zero-order valence-electron chi connectivity index (χ0n) is 11.5. The van der Waals surface area contributed by atoms with E-state index in [4.69, 9.17) is 10.6 Å². The summed E-state index contributed by atoms with van der Waals surface area (Å²) in [6.45, 7) is 0.689. The summed E-state index contributed by atoms with van der Waals surface area (Å²) in [6.07, 6.45) is 2.51. The maximum Gasteiger partial charge on any atom is 0.428 e. The second-order valence-electron chi connectivity index (χ2n) is 5.13. The molecule has 0 aromatic carbocycles. The molecule has 2 amide bonds. The number of rotatable bonds is 1. The lowest BCUT2D eigenvalue weighted by Gasteiger charge is -2.22. The number of thiophene rings is 1. The maximum atomic E-state index is 12.7. The summed E-state index contributed by atoms with van der Waals surface area (Å²) in [5.41, 5.74) is 3.41. The van der Waals surface area contributed by atoms with Gasteiger partial charge in [0.15, 0.2) is 0 Å². The second-order valence-corrected chi connectivity index (χ2v) is 6.05. The van der Waals surface area contributed by atoms with Crippen molar-refractivity contribution in [2.45, 2.75) is 18.9 Å². The van der Waals surface area contributed by atoms with Gasteiger partial charge in [0.05, 0.1) is 11.7 Å². The Morgan fingerprint density at radius 2 is 2.41 bits per heavy atom. The minimum Gasteiger partial charge on any atom is -0.388 e. The number of hydrogen-bond donors (Lipinski definition) is 2. The van der Waals surface area contributed by atoms with Gasteiger partial charge in [-0.15, -0.1) is 11.3 Å². The lowest BCUT2D eigenvalue weighted by atomic mass is 10.1. The first-order valence-electron chi connectivity index (χ1n) is 6.85. The number of nitrogens with one attached hydrogen (secondary N) is 1. The largest absolute Gasteiger partial charge is 0.428 e. The van der Waals surface area contributed by atoms with Crippen molar-refractivity contribution in [3.8, 4) is 11.6 Å². The molecule has 1 saturated heterocycles. The number of ether oxygens (including phenoxy) is 1. The van der Waals surface area contributed by atoms with Gasteiger partial charge in [-0.3, -0.25) is 14.8 Å². The van der Waals surface area contributed by atoms with Crippen molar-refractivity contribution in [3.05, 3.63) is 28.3 Å². The highest BCUT2D eigenvalue weighted by Crippen LogP contribution is 2.43. The molecule has 0 aliphatic carbocycles. The molecule has 3 N–H and O–H groups in total. The van der Waals surface area contributed by atoms with Gasteiger partial charge in [0.25, 0.3) is 5.91 Å². The lowest BCUT2D eigenvalue weighted by Crippen LogP contribution is -2.34. The van der Waals surface area contributed by atoms with Crippen LogP contribution in [0.1, 0.15) is 34.2 Å². The minimum absolute atomic E-state index is 0.0189. The topological polar surface area (TPSA) is 102 Å². The highest BCUT2D eigenvalue weighted by atomic mass is 32.1. The molecule has 0 spiro atoms. The Morgan fingerprint density at radius 3 is 3.23 bits per heavy atom. The van der Waals surface area contributed by atoms with Gasteiger partial charge in [0.2, 0.25) is 5.88 Å². The molecular weight excluding hydrogens is 306 g/mol. The van der Waals surface area contributed by atoms with E-state index in [2.05, 4.69) is 4.98 Å². The predicted octanol–water partition coefficient (Wildman–Crippen LogP) is 1.19. The number of fused-ring (bicyclic) bond motifs is 5. The molecule has 22 heavy (non-hydrogen) atoms. The van der Waals surface area contributed by atoms with Crippen molar-refractivity contribution < 1.29 is 14.3 Å². The third kappa shape index (κ3) is 1.76. The number of carbonyl (C=O) groups is 2. The Labute approximate surface area is 129 Å². The molecule has 0 radical (unpaired) electrons. The first-order chi connectivity index (χ1) is 10.7. The highest BCUT2D eigenvalue weighted by molar-refractivity contribution is 7.12. The summed E-state index contributed by atoms with van der Waals surface area (Å²) in [6, 6.07) is 1.73. The normalized spacial score (nSPS) is 19.2. The Hall–Kier alpha value is -2.39. The fourth-order valence-electron chi connectivity index (χ4n) is 3.11. The summed E-state index contributed by atoms with van der Waals surface area (Å²) in [7, 11) is 0. The fraction of sp³-hybridized carbons (Fsp3) is 0.308. The monoisotopic (exact) mass is 319 g/mol. The van der Waals surface area contributed by atoms with E-state index >= 15 is 0 Å². The molecule has 1 atom stereocenters. The number of carbonyl (C=O) groups excluding carboxylic acids is 2. The highest BCUT2D eigenvalue weighted by Gasteiger charge is 2.40. The van der Waals surface area contributed by atoms with Crippen LogP contribution in [0.15, 0.2) is 17.8 Å². The van der Waals surface area contributed by atoms with Crippen molar-refractivity contribution >= 4 is 23.3 Å². The Kier molecular flexibility index (Phi) is 2.91. The minimum atomic E-state index is -0.785. The Balaban J connectivity index is 1.90. The Bertz CT molecular complexity index is 768. The van der Waals surface area contributed by atoms with Crippen LogP contribution in [-0.4, -0.2) is 33.0 Å². The van der Waals surface area contributed by atoms with Gasteiger partial charge >= 0.3 is 6.09 Å². The number of nitrogens with zero attached hydrogens (tertiary/aromatic N) is 3. The third-order valence-electron chi connectivity index (χ3n) is 4.00. The van der Waals surface area contributed by atoms with Crippen LogP contribution >= 0.6 is 11.3 Å². The van der Waals surface area contributed by atoms with E-state index in [1.807, 2.05) is 26.3 Å². The van der Waals surface area contributed by atoms with Gasteiger partial charge in [-0.1, -0.05) is 0 Å². The zero-order valence-corrected chi connectivity index (χ0v) is 12.3. The third-order valence-corrected chi connectivity index (χ3v) is 4.90. The first kappa shape index (κ1) is 13.3. The van der Waals surface area contributed by atoms with Gasteiger partial charge < -0.3 is 9.64 Å². The molecule has 0 bridgehead atoms. The summed E-state index contributed by atoms with van der Waals surface area (Å²) in [4.78, 5) is 30.8. The van der Waals surface area contributed by atoms with Gasteiger partial charge in [-0.05, 0) is 24.3 Å². The molecule has 8 nitrogen and oxygen atoms in total. The van der Waals surface area contributed by atoms with Crippen molar-refractivity contribution in [3.63, 3.8) is 0 Å². The van der Waals surface area contributed by atoms with E-state index in [1.165, 1.54) is 11.3 Å². The first-order valence-corrected chi connectivity index (χ1v) is 7.73. The molecule has 1 fully saturated rings. The number of aromatic nitrogens is 2. The molecule has 4 heterocycles. The molecule has 2 aromatic rings. The standard InChI is InChI=1S/C13H13N5O3S/c14-16-13(20)21-11-9-7-2-1-4-17(7)12(19)10-8(3-5-22-10)18(9)6-15-11/h3,5-7H,1-2,4,14H2,(H,16,20)/t7-/m0/s1. The maximum absolute atomic E-state index is 12.7. The van der Waals surface area contributed by atoms with E-state index in [-0.39, 0.29) is 17.8 Å². The predicted molar refractivity (Wildman–Crippen MR) is 77.8 cm³/mol. The molecule has 2 aliphatic rings. The lowest BCUT2D eigenvalue weighted by molar-refractivity contribution is 0.0742. The van der Waals surface area contributed by atoms with E-state index < -0.39 is 6.09 Å².